The number of hydrogen-bond donors (Lipinski definition) is 1. The first-order valence-corrected chi connectivity index (χ1v) is 9.36. The van der Waals surface area contributed by atoms with Crippen molar-refractivity contribution in [1.29, 1.82) is 0 Å². The summed E-state index contributed by atoms with van der Waals surface area (Å²) in [6, 6.07) is 15.1. The molecule has 2 aliphatic rings. The van der Waals surface area contributed by atoms with Gasteiger partial charge in [-0.2, -0.15) is 0 Å². The highest BCUT2D eigenvalue weighted by Gasteiger charge is 2.26. The van der Waals surface area contributed by atoms with Crippen molar-refractivity contribution in [2.24, 2.45) is 0 Å². The van der Waals surface area contributed by atoms with Gasteiger partial charge in [0.2, 0.25) is 5.76 Å². The highest BCUT2D eigenvalue weighted by atomic mass is 32.2. The van der Waals surface area contributed by atoms with Gasteiger partial charge in [-0.1, -0.05) is 30.3 Å². The van der Waals surface area contributed by atoms with Crippen LogP contribution in [0.2, 0.25) is 0 Å². The number of rotatable bonds is 3. The molecule has 4 rings (SSSR count). The van der Waals surface area contributed by atoms with Gasteiger partial charge in [0.1, 0.15) is 12.0 Å². The second-order valence-corrected chi connectivity index (χ2v) is 7.40. The van der Waals surface area contributed by atoms with Gasteiger partial charge in [0.05, 0.1) is 0 Å². The predicted octanol–water partition coefficient (Wildman–Crippen LogP) is 4.06. The molecular formula is C20H19NO4S. The molecule has 0 radical (unpaired) electrons. The normalized spacial score (nSPS) is 17.6. The molecule has 1 fully saturated rings. The van der Waals surface area contributed by atoms with Gasteiger partial charge in [0, 0.05) is 31.1 Å². The van der Waals surface area contributed by atoms with E-state index in [1.54, 1.807) is 6.07 Å². The number of carbonyl (C=O) groups is 1. The molecule has 134 valence electrons. The smallest absolute Gasteiger partial charge is 0.272 e. The SMILES string of the molecule is O=C(SN1CCC(c2ccccc2)CC1)C1=COc2cc(O)ccc2O1. The molecule has 0 saturated carbocycles. The molecule has 6 heteroatoms. The van der Waals surface area contributed by atoms with Crippen LogP contribution in [0.5, 0.6) is 17.2 Å². The van der Waals surface area contributed by atoms with E-state index in [0.717, 1.165) is 25.9 Å². The predicted molar refractivity (Wildman–Crippen MR) is 100 cm³/mol. The maximum Gasteiger partial charge on any atom is 0.272 e. The van der Waals surface area contributed by atoms with Gasteiger partial charge in [-0.3, -0.25) is 4.79 Å². The number of phenolic OH excluding ortho intramolecular Hbond substituents is 1. The van der Waals surface area contributed by atoms with E-state index in [1.807, 2.05) is 6.07 Å². The Kier molecular flexibility index (Phi) is 4.86. The summed E-state index contributed by atoms with van der Waals surface area (Å²) in [5.41, 5.74) is 1.37. The van der Waals surface area contributed by atoms with E-state index in [9.17, 15) is 9.90 Å². The largest absolute Gasteiger partial charge is 0.508 e. The molecule has 0 aromatic heterocycles. The zero-order chi connectivity index (χ0) is 17.9. The van der Waals surface area contributed by atoms with Crippen LogP contribution in [-0.2, 0) is 4.79 Å². The molecular weight excluding hydrogens is 350 g/mol. The lowest BCUT2D eigenvalue weighted by Crippen LogP contribution is -2.29. The quantitative estimate of drug-likeness (QED) is 0.824. The molecule has 0 amide bonds. The van der Waals surface area contributed by atoms with Crippen molar-refractivity contribution in [3.63, 3.8) is 0 Å². The van der Waals surface area contributed by atoms with Gasteiger partial charge in [0.15, 0.2) is 11.5 Å². The second kappa shape index (κ2) is 7.43. The number of piperidine rings is 1. The molecule has 2 aromatic carbocycles. The standard InChI is InChI=1S/C20H19NO4S/c22-16-6-7-17-18(12-16)24-13-19(25-17)20(23)26-21-10-8-15(9-11-21)14-4-2-1-3-5-14/h1-7,12-13,15,22H,8-11H2. The average molecular weight is 369 g/mol. The highest BCUT2D eigenvalue weighted by Crippen LogP contribution is 2.37. The third kappa shape index (κ3) is 3.71. The van der Waals surface area contributed by atoms with Crippen LogP contribution in [0.4, 0.5) is 0 Å². The van der Waals surface area contributed by atoms with Gasteiger partial charge in [0.25, 0.3) is 5.12 Å². The Morgan fingerprint density at radius 1 is 1.08 bits per heavy atom. The molecule has 0 aliphatic carbocycles. The Hall–Kier alpha value is -2.44. The maximum atomic E-state index is 12.5. The monoisotopic (exact) mass is 369 g/mol. The Labute approximate surface area is 156 Å². The first kappa shape index (κ1) is 17.0. The summed E-state index contributed by atoms with van der Waals surface area (Å²) in [5.74, 6) is 1.63. The highest BCUT2D eigenvalue weighted by molar-refractivity contribution is 8.12. The summed E-state index contributed by atoms with van der Waals surface area (Å²) in [7, 11) is 0. The topological polar surface area (TPSA) is 59.0 Å². The molecule has 0 spiro atoms. The van der Waals surface area contributed by atoms with Crippen LogP contribution in [0.25, 0.3) is 0 Å². The fourth-order valence-corrected chi connectivity index (χ4v) is 4.00. The Balaban J connectivity index is 1.32. The van der Waals surface area contributed by atoms with Crippen molar-refractivity contribution in [3.05, 3.63) is 66.1 Å². The fraction of sp³-hybridized carbons (Fsp3) is 0.250. The van der Waals surface area contributed by atoms with Crippen LogP contribution in [0.1, 0.15) is 24.3 Å². The Morgan fingerprint density at radius 2 is 1.85 bits per heavy atom. The lowest BCUT2D eigenvalue weighted by atomic mass is 9.90. The van der Waals surface area contributed by atoms with Crippen LogP contribution in [0.3, 0.4) is 0 Å². The Morgan fingerprint density at radius 3 is 2.62 bits per heavy atom. The van der Waals surface area contributed by atoms with Crippen LogP contribution in [-0.4, -0.2) is 27.6 Å². The molecule has 1 saturated heterocycles. The third-order valence-electron chi connectivity index (χ3n) is 4.58. The number of nitrogens with zero attached hydrogens (tertiary/aromatic N) is 1. The van der Waals surface area contributed by atoms with Crippen molar-refractivity contribution in [3.8, 4) is 17.2 Å². The van der Waals surface area contributed by atoms with E-state index in [-0.39, 0.29) is 16.6 Å². The Bertz CT molecular complexity index is 829. The van der Waals surface area contributed by atoms with E-state index >= 15 is 0 Å². The van der Waals surface area contributed by atoms with E-state index in [1.165, 1.54) is 35.9 Å². The van der Waals surface area contributed by atoms with Crippen LogP contribution >= 0.6 is 11.9 Å². The van der Waals surface area contributed by atoms with Gasteiger partial charge >= 0.3 is 0 Å². The molecule has 2 aromatic rings. The summed E-state index contributed by atoms with van der Waals surface area (Å²) in [6.07, 6.45) is 3.36. The molecule has 2 aliphatic heterocycles. The van der Waals surface area contributed by atoms with Crippen molar-refractivity contribution < 1.29 is 19.4 Å². The number of phenols is 1. The van der Waals surface area contributed by atoms with Crippen LogP contribution in [0, 0.1) is 0 Å². The molecule has 26 heavy (non-hydrogen) atoms. The average Bonchev–Trinajstić information content (AvgIpc) is 2.69. The fourth-order valence-electron chi connectivity index (χ4n) is 3.19. The molecule has 0 unspecified atom stereocenters. The lowest BCUT2D eigenvalue weighted by Gasteiger charge is -2.30. The number of benzene rings is 2. The number of carbonyl (C=O) groups excluding carboxylic acids is 1. The van der Waals surface area contributed by atoms with E-state index in [4.69, 9.17) is 9.47 Å². The summed E-state index contributed by atoms with van der Waals surface area (Å²) in [5, 5.41) is 9.27. The number of fused-ring (bicyclic) bond motifs is 1. The lowest BCUT2D eigenvalue weighted by molar-refractivity contribution is -0.110. The number of aromatic hydroxyl groups is 1. The zero-order valence-electron chi connectivity index (χ0n) is 14.1. The van der Waals surface area contributed by atoms with Crippen molar-refractivity contribution in [2.45, 2.75) is 18.8 Å². The van der Waals surface area contributed by atoms with E-state index in [0.29, 0.717) is 17.4 Å². The first-order valence-electron chi connectivity index (χ1n) is 8.59. The van der Waals surface area contributed by atoms with Gasteiger partial charge in [-0.15, -0.1) is 0 Å². The molecule has 2 heterocycles. The third-order valence-corrected chi connectivity index (χ3v) is 5.57. The number of ether oxygens (including phenoxy) is 2. The van der Waals surface area contributed by atoms with Crippen LogP contribution in [0.15, 0.2) is 60.6 Å². The summed E-state index contributed by atoms with van der Waals surface area (Å²) >= 11 is 1.17. The van der Waals surface area contributed by atoms with Gasteiger partial charge in [-0.25, -0.2) is 4.31 Å². The van der Waals surface area contributed by atoms with Crippen molar-refractivity contribution >= 4 is 17.1 Å². The zero-order valence-corrected chi connectivity index (χ0v) is 14.9. The summed E-state index contributed by atoms with van der Waals surface area (Å²) < 4.78 is 13.1. The minimum Gasteiger partial charge on any atom is -0.508 e. The molecule has 0 atom stereocenters. The molecule has 0 bridgehead atoms. The second-order valence-electron chi connectivity index (χ2n) is 6.33. The molecule has 1 N–H and O–H groups in total. The minimum absolute atomic E-state index is 0.0891. The number of hydrogen-bond acceptors (Lipinski definition) is 6. The van der Waals surface area contributed by atoms with Crippen LogP contribution < -0.4 is 9.47 Å². The van der Waals surface area contributed by atoms with E-state index < -0.39 is 0 Å². The van der Waals surface area contributed by atoms with Gasteiger partial charge < -0.3 is 14.6 Å². The maximum absolute atomic E-state index is 12.5. The van der Waals surface area contributed by atoms with Gasteiger partial charge in [-0.05, 0) is 36.5 Å². The van der Waals surface area contributed by atoms with E-state index in [2.05, 4.69) is 28.6 Å². The van der Waals surface area contributed by atoms with Crippen molar-refractivity contribution in [1.82, 2.24) is 4.31 Å². The first-order chi connectivity index (χ1) is 12.7. The summed E-state index contributed by atoms with van der Waals surface area (Å²) in [4.78, 5) is 12.5. The minimum atomic E-state index is -0.179. The van der Waals surface area contributed by atoms with Crippen molar-refractivity contribution in [2.75, 3.05) is 13.1 Å². The summed E-state index contributed by atoms with van der Waals surface area (Å²) in [6.45, 7) is 1.71. The molecule has 5 nitrogen and oxygen atoms in total.